The smallest absolute Gasteiger partial charge is 0.322 e. The van der Waals surface area contributed by atoms with Crippen molar-refractivity contribution in [1.82, 2.24) is 14.5 Å². The highest BCUT2D eigenvalue weighted by Gasteiger charge is 2.27. The Labute approximate surface area is 171 Å². The van der Waals surface area contributed by atoms with Gasteiger partial charge in [0, 0.05) is 41.8 Å². The molecule has 6 heteroatoms. The van der Waals surface area contributed by atoms with E-state index in [9.17, 15) is 4.79 Å². The minimum Gasteiger partial charge on any atom is -0.334 e. The Morgan fingerprint density at radius 2 is 2.00 bits per heavy atom. The molecule has 0 bridgehead atoms. The van der Waals surface area contributed by atoms with Crippen molar-refractivity contribution < 1.29 is 4.79 Å². The number of fused-ring (bicyclic) bond motifs is 1. The van der Waals surface area contributed by atoms with Gasteiger partial charge in [-0.1, -0.05) is 38.8 Å². The zero-order valence-corrected chi connectivity index (χ0v) is 17.9. The second kappa shape index (κ2) is 8.19. The molecule has 1 aromatic heterocycles. The summed E-state index contributed by atoms with van der Waals surface area (Å²) in [7, 11) is 2.09. The van der Waals surface area contributed by atoms with Crippen LogP contribution in [0.25, 0.3) is 0 Å². The van der Waals surface area contributed by atoms with E-state index < -0.39 is 0 Å². The van der Waals surface area contributed by atoms with E-state index in [-0.39, 0.29) is 6.03 Å². The Morgan fingerprint density at radius 1 is 1.25 bits per heavy atom. The zero-order chi connectivity index (χ0) is 19.7. The van der Waals surface area contributed by atoms with Crippen LogP contribution in [-0.2, 0) is 20.0 Å². The summed E-state index contributed by atoms with van der Waals surface area (Å²) in [5.41, 5.74) is 3.24. The highest BCUT2D eigenvalue weighted by Crippen LogP contribution is 2.38. The Kier molecular flexibility index (Phi) is 5.67. The molecule has 1 aromatic carbocycles. The molecule has 2 aromatic rings. The first-order chi connectivity index (χ1) is 13.5. The predicted molar refractivity (Wildman–Crippen MR) is 115 cm³/mol. The van der Waals surface area contributed by atoms with Crippen molar-refractivity contribution in [1.29, 1.82) is 0 Å². The lowest BCUT2D eigenvalue weighted by molar-refractivity contribution is 0.205. The van der Waals surface area contributed by atoms with Gasteiger partial charge in [-0.25, -0.2) is 9.78 Å². The summed E-state index contributed by atoms with van der Waals surface area (Å²) in [5.74, 6) is 1.49. The van der Waals surface area contributed by atoms with Crippen LogP contribution in [0, 0.1) is 0 Å². The van der Waals surface area contributed by atoms with Crippen LogP contribution in [0.2, 0.25) is 0 Å². The summed E-state index contributed by atoms with van der Waals surface area (Å²) in [6.07, 6.45) is 6.06. The molecule has 2 amide bonds. The molecule has 2 heterocycles. The van der Waals surface area contributed by atoms with Crippen LogP contribution in [0.15, 0.2) is 29.2 Å². The van der Waals surface area contributed by atoms with Crippen LogP contribution in [0.1, 0.15) is 62.7 Å². The Balaban J connectivity index is 1.45. The monoisotopic (exact) mass is 398 g/mol. The third kappa shape index (κ3) is 3.93. The molecule has 1 saturated carbocycles. The quantitative estimate of drug-likeness (QED) is 0.773. The van der Waals surface area contributed by atoms with Gasteiger partial charge in [0.05, 0.1) is 17.9 Å². The third-order valence-corrected chi connectivity index (χ3v) is 7.23. The molecular weight excluding hydrogens is 368 g/mol. The van der Waals surface area contributed by atoms with E-state index in [1.54, 1.807) is 0 Å². The highest BCUT2D eigenvalue weighted by atomic mass is 32.2. The molecule has 1 fully saturated rings. The van der Waals surface area contributed by atoms with Crippen LogP contribution in [0.4, 0.5) is 10.5 Å². The zero-order valence-electron chi connectivity index (χ0n) is 17.1. The van der Waals surface area contributed by atoms with Gasteiger partial charge < -0.3 is 14.8 Å². The van der Waals surface area contributed by atoms with Gasteiger partial charge in [-0.05, 0) is 25.0 Å². The number of hydrogen-bond acceptors (Lipinski definition) is 3. The lowest BCUT2D eigenvalue weighted by atomic mass is 10.1. The van der Waals surface area contributed by atoms with Crippen LogP contribution >= 0.6 is 11.8 Å². The molecular formula is C22H30N4OS. The topological polar surface area (TPSA) is 50.2 Å². The maximum atomic E-state index is 13.0. The number of nitrogens with one attached hydrogen (secondary N) is 1. The largest absolute Gasteiger partial charge is 0.334 e. The van der Waals surface area contributed by atoms with Gasteiger partial charge in [0.1, 0.15) is 5.82 Å². The van der Waals surface area contributed by atoms with Crippen LogP contribution in [-0.4, -0.2) is 32.3 Å². The summed E-state index contributed by atoms with van der Waals surface area (Å²) in [4.78, 5) is 20.8. The second-order valence-electron chi connectivity index (χ2n) is 8.20. The summed E-state index contributed by atoms with van der Waals surface area (Å²) < 4.78 is 2.21. The van der Waals surface area contributed by atoms with Gasteiger partial charge >= 0.3 is 6.03 Å². The number of amides is 2. The van der Waals surface area contributed by atoms with Crippen molar-refractivity contribution in [2.75, 3.05) is 11.9 Å². The molecule has 1 aliphatic carbocycles. The maximum absolute atomic E-state index is 13.0. The van der Waals surface area contributed by atoms with E-state index in [4.69, 9.17) is 4.98 Å². The number of rotatable bonds is 4. The van der Waals surface area contributed by atoms with Crippen molar-refractivity contribution in [3.63, 3.8) is 0 Å². The minimum absolute atomic E-state index is 0.0260. The Morgan fingerprint density at radius 3 is 2.75 bits per heavy atom. The molecule has 1 N–H and O–H groups in total. The van der Waals surface area contributed by atoms with E-state index in [1.807, 2.05) is 28.8 Å². The standard InChI is InChI=1S/C22H30N4OS/c1-15(2)21-23-18-14-26(13-12-19(18)25(21)3)22(27)24-17-10-6-7-11-20(17)28-16-8-4-5-9-16/h6-7,10-11,15-16H,4-5,8-9,12-14H2,1-3H3,(H,24,27). The van der Waals surface area contributed by atoms with Crippen molar-refractivity contribution in [3.8, 4) is 0 Å². The Hall–Kier alpha value is -1.95. The summed E-state index contributed by atoms with van der Waals surface area (Å²) in [5, 5.41) is 3.84. The number of para-hydroxylation sites is 1. The van der Waals surface area contributed by atoms with E-state index in [2.05, 4.69) is 42.9 Å². The predicted octanol–water partition coefficient (Wildman–Crippen LogP) is 5.17. The number of aromatic nitrogens is 2. The fourth-order valence-electron chi connectivity index (χ4n) is 4.29. The van der Waals surface area contributed by atoms with Crippen molar-refractivity contribution in [2.45, 2.75) is 68.6 Å². The molecule has 4 rings (SSSR count). The lowest BCUT2D eigenvalue weighted by Gasteiger charge is -2.27. The van der Waals surface area contributed by atoms with Crippen LogP contribution in [0.3, 0.4) is 0 Å². The maximum Gasteiger partial charge on any atom is 0.322 e. The molecule has 2 aliphatic rings. The number of benzene rings is 1. The number of carbonyl (C=O) groups is 1. The van der Waals surface area contributed by atoms with Crippen LogP contribution in [0.5, 0.6) is 0 Å². The average molecular weight is 399 g/mol. The first kappa shape index (κ1) is 19.4. The first-order valence-electron chi connectivity index (χ1n) is 10.4. The van der Waals surface area contributed by atoms with Crippen molar-refractivity contribution in [2.24, 2.45) is 7.05 Å². The van der Waals surface area contributed by atoms with Gasteiger partial charge in [-0.3, -0.25) is 0 Å². The molecule has 28 heavy (non-hydrogen) atoms. The number of urea groups is 1. The van der Waals surface area contributed by atoms with E-state index in [0.29, 0.717) is 17.7 Å². The molecule has 0 saturated heterocycles. The van der Waals surface area contributed by atoms with E-state index in [1.165, 1.54) is 36.3 Å². The van der Waals surface area contributed by atoms with Gasteiger partial charge in [0.2, 0.25) is 0 Å². The number of anilines is 1. The number of hydrogen-bond donors (Lipinski definition) is 1. The van der Waals surface area contributed by atoms with Crippen molar-refractivity contribution >= 4 is 23.5 Å². The van der Waals surface area contributed by atoms with Gasteiger partial charge in [-0.2, -0.15) is 0 Å². The Bertz CT molecular complexity index is 854. The van der Waals surface area contributed by atoms with Crippen LogP contribution < -0.4 is 5.32 Å². The fourth-order valence-corrected chi connectivity index (χ4v) is 5.62. The SMILES string of the molecule is CC(C)c1nc2c(n1C)CCN(C(=O)Nc1ccccc1SC1CCCC1)C2. The molecule has 0 radical (unpaired) electrons. The molecule has 5 nitrogen and oxygen atoms in total. The molecule has 150 valence electrons. The number of imidazole rings is 1. The number of thioether (sulfide) groups is 1. The first-order valence-corrected chi connectivity index (χ1v) is 11.3. The normalized spacial score (nSPS) is 17.2. The summed E-state index contributed by atoms with van der Waals surface area (Å²) in [6, 6.07) is 8.17. The molecule has 0 atom stereocenters. The second-order valence-corrected chi connectivity index (χ2v) is 9.54. The number of carbonyl (C=O) groups excluding carboxylic acids is 1. The molecule has 0 spiro atoms. The summed E-state index contributed by atoms with van der Waals surface area (Å²) in [6.45, 7) is 5.64. The van der Waals surface area contributed by atoms with E-state index >= 15 is 0 Å². The van der Waals surface area contributed by atoms with Gasteiger partial charge in [0.15, 0.2) is 0 Å². The average Bonchev–Trinajstić information content (AvgIpc) is 3.31. The third-order valence-electron chi connectivity index (χ3n) is 5.82. The molecule has 1 aliphatic heterocycles. The lowest BCUT2D eigenvalue weighted by Crippen LogP contribution is -2.39. The van der Waals surface area contributed by atoms with Gasteiger partial charge in [-0.15, -0.1) is 11.8 Å². The highest BCUT2D eigenvalue weighted by molar-refractivity contribution is 8.00. The molecule has 0 unspecified atom stereocenters. The van der Waals surface area contributed by atoms with Crippen molar-refractivity contribution in [3.05, 3.63) is 41.5 Å². The summed E-state index contributed by atoms with van der Waals surface area (Å²) >= 11 is 1.91. The van der Waals surface area contributed by atoms with E-state index in [0.717, 1.165) is 30.2 Å². The van der Waals surface area contributed by atoms with Gasteiger partial charge in [0.25, 0.3) is 0 Å². The minimum atomic E-state index is -0.0260. The fraction of sp³-hybridized carbons (Fsp3) is 0.545. The number of nitrogens with zero attached hydrogens (tertiary/aromatic N) is 3.